The van der Waals surface area contributed by atoms with E-state index < -0.39 is 17.2 Å². The van der Waals surface area contributed by atoms with Gasteiger partial charge in [0.25, 0.3) is 11.5 Å². The van der Waals surface area contributed by atoms with Crippen LogP contribution in [0.25, 0.3) is 0 Å². The topological polar surface area (TPSA) is 102 Å². The fourth-order valence-corrected chi connectivity index (χ4v) is 3.53. The molecule has 2 N–H and O–H groups in total. The van der Waals surface area contributed by atoms with E-state index in [1.807, 2.05) is 18.4 Å². The lowest BCUT2D eigenvalue weighted by Crippen LogP contribution is -2.39. The predicted octanol–water partition coefficient (Wildman–Crippen LogP) is 2.29. The van der Waals surface area contributed by atoms with Crippen molar-refractivity contribution in [3.05, 3.63) is 80.6 Å². The number of H-pyrrole nitrogens is 1. The lowest BCUT2D eigenvalue weighted by molar-refractivity contribution is 0.102. The van der Waals surface area contributed by atoms with Gasteiger partial charge in [0.15, 0.2) is 11.5 Å². The van der Waals surface area contributed by atoms with Gasteiger partial charge in [-0.15, -0.1) is 11.8 Å². The number of hydrogen-bond donors (Lipinski definition) is 2. The summed E-state index contributed by atoms with van der Waals surface area (Å²) in [4.78, 5) is 41.1. The molecule has 9 heteroatoms. The van der Waals surface area contributed by atoms with Gasteiger partial charge in [0, 0.05) is 11.1 Å². The molecule has 1 aliphatic heterocycles. The predicted molar refractivity (Wildman–Crippen MR) is 109 cm³/mol. The smallest absolute Gasteiger partial charge is 0.328 e. The zero-order valence-corrected chi connectivity index (χ0v) is 16.2. The van der Waals surface area contributed by atoms with Gasteiger partial charge in [-0.25, -0.2) is 4.79 Å². The van der Waals surface area contributed by atoms with Gasteiger partial charge in [-0.3, -0.25) is 14.2 Å². The monoisotopic (exact) mass is 411 g/mol. The molecule has 1 amide bonds. The number of carbonyl (C=O) groups excluding carboxylic acids is 1. The fraction of sp³-hybridized carbons (Fsp3) is 0.150. The van der Waals surface area contributed by atoms with Crippen LogP contribution in [0, 0.1) is 0 Å². The molecule has 2 aromatic carbocycles. The number of nitrogens with zero attached hydrogens (tertiary/aromatic N) is 1. The molecule has 4 rings (SSSR count). The van der Waals surface area contributed by atoms with E-state index in [1.54, 1.807) is 30.3 Å². The molecule has 0 atom stereocenters. The molecule has 0 unspecified atom stereocenters. The van der Waals surface area contributed by atoms with E-state index in [-0.39, 0.29) is 18.9 Å². The highest BCUT2D eigenvalue weighted by molar-refractivity contribution is 7.98. The number of fused-ring (bicyclic) bond motifs is 1. The second kappa shape index (κ2) is 7.88. The van der Waals surface area contributed by atoms with Gasteiger partial charge in [0.05, 0.1) is 12.2 Å². The van der Waals surface area contributed by atoms with Crippen LogP contribution < -0.4 is 26.0 Å². The molecule has 8 nitrogen and oxygen atoms in total. The fourth-order valence-electron chi connectivity index (χ4n) is 2.98. The summed E-state index contributed by atoms with van der Waals surface area (Å²) in [5.74, 6) is 0.567. The van der Waals surface area contributed by atoms with Crippen molar-refractivity contribution >= 4 is 23.4 Å². The lowest BCUT2D eigenvalue weighted by Gasteiger charge is -2.10. The van der Waals surface area contributed by atoms with Crippen molar-refractivity contribution in [2.24, 2.45) is 0 Å². The molecular weight excluding hydrogens is 394 g/mol. The first-order valence-electron chi connectivity index (χ1n) is 8.72. The van der Waals surface area contributed by atoms with E-state index in [2.05, 4.69) is 10.3 Å². The zero-order chi connectivity index (χ0) is 20.4. The standard InChI is InChI=1S/C20H17N3O5S/c1-29-17-5-3-2-4-14(17)22-18(24)13-9-21-20(26)23(19(13)25)10-12-6-7-15-16(8-12)28-11-27-15/h2-9H,10-11H2,1H3,(H,21,26)(H,22,24). The number of aromatic amines is 1. The Morgan fingerprint density at radius 1 is 1.17 bits per heavy atom. The van der Waals surface area contributed by atoms with Gasteiger partial charge in [0.1, 0.15) is 5.56 Å². The Labute approximate surface area is 169 Å². The van der Waals surface area contributed by atoms with E-state index >= 15 is 0 Å². The molecule has 0 spiro atoms. The van der Waals surface area contributed by atoms with Crippen LogP contribution in [0.15, 0.2) is 63.1 Å². The highest BCUT2D eigenvalue weighted by Gasteiger charge is 2.18. The molecule has 1 aliphatic rings. The van der Waals surface area contributed by atoms with E-state index in [0.717, 1.165) is 15.7 Å². The Bertz CT molecular complexity index is 1200. The lowest BCUT2D eigenvalue weighted by atomic mass is 10.2. The highest BCUT2D eigenvalue weighted by atomic mass is 32.2. The Balaban J connectivity index is 1.64. The molecule has 0 bridgehead atoms. The van der Waals surface area contributed by atoms with Crippen molar-refractivity contribution in [2.75, 3.05) is 18.4 Å². The largest absolute Gasteiger partial charge is 0.454 e. The van der Waals surface area contributed by atoms with E-state index in [4.69, 9.17) is 9.47 Å². The van der Waals surface area contributed by atoms with Crippen LogP contribution in [0.3, 0.4) is 0 Å². The van der Waals surface area contributed by atoms with Crippen molar-refractivity contribution in [3.63, 3.8) is 0 Å². The highest BCUT2D eigenvalue weighted by Crippen LogP contribution is 2.32. The third-order valence-electron chi connectivity index (χ3n) is 4.44. The molecule has 2 heterocycles. The number of amides is 1. The second-order valence-corrected chi connectivity index (χ2v) is 7.09. The number of anilines is 1. The molecule has 0 aliphatic carbocycles. The van der Waals surface area contributed by atoms with Gasteiger partial charge >= 0.3 is 5.69 Å². The Hall–Kier alpha value is -3.46. The maximum absolute atomic E-state index is 12.8. The number of nitrogens with one attached hydrogen (secondary N) is 2. The molecular formula is C20H17N3O5S. The third kappa shape index (κ3) is 3.77. The van der Waals surface area contributed by atoms with E-state index in [1.165, 1.54) is 11.8 Å². The number of ether oxygens (including phenoxy) is 2. The summed E-state index contributed by atoms with van der Waals surface area (Å²) in [7, 11) is 0. The Morgan fingerprint density at radius 2 is 1.97 bits per heavy atom. The number of benzene rings is 2. The van der Waals surface area contributed by atoms with Crippen LogP contribution in [0.1, 0.15) is 15.9 Å². The third-order valence-corrected chi connectivity index (χ3v) is 5.23. The molecule has 1 aromatic heterocycles. The maximum Gasteiger partial charge on any atom is 0.328 e. The number of para-hydroxylation sites is 1. The molecule has 3 aromatic rings. The number of hydrogen-bond acceptors (Lipinski definition) is 6. The van der Waals surface area contributed by atoms with Crippen molar-refractivity contribution in [1.29, 1.82) is 0 Å². The number of rotatable bonds is 5. The van der Waals surface area contributed by atoms with Crippen LogP contribution in [-0.2, 0) is 6.54 Å². The summed E-state index contributed by atoms with van der Waals surface area (Å²) in [5, 5.41) is 2.73. The summed E-state index contributed by atoms with van der Waals surface area (Å²) < 4.78 is 11.6. The van der Waals surface area contributed by atoms with Crippen molar-refractivity contribution in [3.8, 4) is 11.5 Å². The van der Waals surface area contributed by atoms with Crippen LogP contribution in [0.5, 0.6) is 11.5 Å². The van der Waals surface area contributed by atoms with Gasteiger partial charge in [-0.2, -0.15) is 0 Å². The van der Waals surface area contributed by atoms with Crippen LogP contribution in [0.4, 0.5) is 5.69 Å². The molecule has 0 saturated carbocycles. The average molecular weight is 411 g/mol. The molecule has 0 radical (unpaired) electrons. The van der Waals surface area contributed by atoms with Gasteiger partial charge < -0.3 is 19.8 Å². The van der Waals surface area contributed by atoms with E-state index in [9.17, 15) is 14.4 Å². The summed E-state index contributed by atoms with van der Waals surface area (Å²) in [6, 6.07) is 12.4. The quantitative estimate of drug-likeness (QED) is 0.625. The van der Waals surface area contributed by atoms with Crippen LogP contribution in [0.2, 0.25) is 0 Å². The first-order chi connectivity index (χ1) is 14.1. The Morgan fingerprint density at radius 3 is 2.79 bits per heavy atom. The molecule has 0 saturated heterocycles. The SMILES string of the molecule is CSc1ccccc1NC(=O)c1c[nH]c(=O)n(Cc2ccc3c(c2)OCO3)c1=O. The normalized spacial score (nSPS) is 12.0. The van der Waals surface area contributed by atoms with Gasteiger partial charge in [0.2, 0.25) is 6.79 Å². The summed E-state index contributed by atoms with van der Waals surface area (Å²) in [6.45, 7) is 0.125. The van der Waals surface area contributed by atoms with Crippen molar-refractivity contribution in [1.82, 2.24) is 9.55 Å². The number of carbonyl (C=O) groups is 1. The molecule has 148 valence electrons. The van der Waals surface area contributed by atoms with Crippen LogP contribution >= 0.6 is 11.8 Å². The summed E-state index contributed by atoms with van der Waals surface area (Å²) >= 11 is 1.48. The first-order valence-corrected chi connectivity index (χ1v) is 9.94. The van der Waals surface area contributed by atoms with Gasteiger partial charge in [-0.1, -0.05) is 18.2 Å². The summed E-state index contributed by atoms with van der Waals surface area (Å²) in [5.41, 5.74) is -0.161. The molecule has 0 fully saturated rings. The maximum atomic E-state index is 12.8. The van der Waals surface area contributed by atoms with Crippen LogP contribution in [-0.4, -0.2) is 28.5 Å². The van der Waals surface area contributed by atoms with Crippen molar-refractivity contribution in [2.45, 2.75) is 11.4 Å². The van der Waals surface area contributed by atoms with E-state index in [0.29, 0.717) is 22.7 Å². The number of thioether (sulfide) groups is 1. The average Bonchev–Trinajstić information content (AvgIpc) is 3.19. The first kappa shape index (κ1) is 18.9. The number of aromatic nitrogens is 2. The minimum atomic E-state index is -0.675. The minimum absolute atomic E-state index is 0.00662. The van der Waals surface area contributed by atoms with Crippen molar-refractivity contribution < 1.29 is 14.3 Å². The second-order valence-electron chi connectivity index (χ2n) is 6.24. The Kier molecular flexibility index (Phi) is 5.13. The minimum Gasteiger partial charge on any atom is -0.454 e. The van der Waals surface area contributed by atoms with Gasteiger partial charge in [-0.05, 0) is 36.1 Å². The zero-order valence-electron chi connectivity index (χ0n) is 15.4. The summed E-state index contributed by atoms with van der Waals surface area (Å²) in [6.07, 6.45) is 3.03. The molecule has 29 heavy (non-hydrogen) atoms.